The Morgan fingerprint density at radius 1 is 1.14 bits per heavy atom. The molecule has 7 nitrogen and oxygen atoms in total. The van der Waals surface area contributed by atoms with Gasteiger partial charge in [0.1, 0.15) is 12.4 Å². The quantitative estimate of drug-likeness (QED) is 0.658. The number of benzene rings is 1. The van der Waals surface area contributed by atoms with Crippen LogP contribution in [-0.2, 0) is 22.6 Å². The fourth-order valence-electron chi connectivity index (χ4n) is 2.67. The molecule has 0 aliphatic heterocycles. The van der Waals surface area contributed by atoms with Crippen molar-refractivity contribution in [3.05, 3.63) is 78.1 Å². The highest BCUT2D eigenvalue weighted by atomic mass is 19.1. The molecule has 2 heterocycles. The molecule has 2 N–H and O–H groups in total. The van der Waals surface area contributed by atoms with E-state index in [1.165, 1.54) is 16.9 Å². The number of aromatic nitrogens is 3. The first kappa shape index (κ1) is 19.2. The van der Waals surface area contributed by atoms with Crippen molar-refractivity contribution in [1.29, 1.82) is 0 Å². The number of nitrogens with one attached hydrogen (secondary N) is 2. The second-order valence-electron chi connectivity index (χ2n) is 6.29. The third-order valence-corrected chi connectivity index (χ3v) is 4.04. The molecule has 0 saturated carbocycles. The average molecular weight is 381 g/mol. The van der Waals surface area contributed by atoms with Crippen molar-refractivity contribution in [2.75, 3.05) is 5.32 Å². The number of halogens is 1. The summed E-state index contributed by atoms with van der Waals surface area (Å²) in [6, 6.07) is 11.4. The van der Waals surface area contributed by atoms with E-state index in [2.05, 4.69) is 20.7 Å². The SMILES string of the molecule is C[C@@H](NC(=O)Cn1cc(NC(=O)Cc2ccccc2F)cn1)c1ccccn1. The number of amides is 2. The summed E-state index contributed by atoms with van der Waals surface area (Å²) < 4.78 is 15.0. The molecule has 0 unspecified atom stereocenters. The summed E-state index contributed by atoms with van der Waals surface area (Å²) in [4.78, 5) is 28.4. The number of rotatable bonds is 7. The molecule has 28 heavy (non-hydrogen) atoms. The maximum Gasteiger partial charge on any atom is 0.242 e. The monoisotopic (exact) mass is 381 g/mol. The van der Waals surface area contributed by atoms with Gasteiger partial charge in [-0.05, 0) is 30.7 Å². The highest BCUT2D eigenvalue weighted by molar-refractivity contribution is 5.92. The highest BCUT2D eigenvalue weighted by Crippen LogP contribution is 2.11. The number of carbonyl (C=O) groups excluding carboxylic acids is 2. The van der Waals surface area contributed by atoms with Gasteiger partial charge in [-0.3, -0.25) is 19.3 Å². The lowest BCUT2D eigenvalue weighted by atomic mass is 10.1. The third-order valence-electron chi connectivity index (χ3n) is 4.04. The number of pyridine rings is 1. The van der Waals surface area contributed by atoms with Crippen LogP contribution in [0.5, 0.6) is 0 Å². The zero-order valence-corrected chi connectivity index (χ0v) is 15.3. The number of carbonyl (C=O) groups is 2. The first-order valence-electron chi connectivity index (χ1n) is 8.77. The van der Waals surface area contributed by atoms with Gasteiger partial charge in [-0.2, -0.15) is 5.10 Å². The van der Waals surface area contributed by atoms with E-state index in [1.807, 2.05) is 25.1 Å². The second kappa shape index (κ2) is 8.90. The molecule has 144 valence electrons. The Kier molecular flexibility index (Phi) is 6.11. The number of anilines is 1. The minimum absolute atomic E-state index is 0.000355. The van der Waals surface area contributed by atoms with Crippen LogP contribution in [0.4, 0.5) is 10.1 Å². The fraction of sp³-hybridized carbons (Fsp3) is 0.200. The molecular formula is C20H20FN5O2. The van der Waals surface area contributed by atoms with Crippen molar-refractivity contribution in [3.63, 3.8) is 0 Å². The standard InChI is InChI=1S/C20H20FN5O2/c1-14(18-8-4-5-9-22-18)24-20(28)13-26-12-16(11-23-26)25-19(27)10-15-6-2-3-7-17(15)21/h2-9,11-12,14H,10,13H2,1H3,(H,24,28)(H,25,27)/t14-/m1/s1. The van der Waals surface area contributed by atoms with E-state index in [4.69, 9.17) is 0 Å². The molecule has 3 rings (SSSR count). The summed E-state index contributed by atoms with van der Waals surface area (Å²) in [7, 11) is 0. The summed E-state index contributed by atoms with van der Waals surface area (Å²) in [5.74, 6) is -1.02. The molecule has 0 fully saturated rings. The molecule has 0 bridgehead atoms. The zero-order chi connectivity index (χ0) is 19.9. The Bertz CT molecular complexity index is 958. The van der Waals surface area contributed by atoms with Gasteiger partial charge in [0, 0.05) is 12.4 Å². The van der Waals surface area contributed by atoms with Crippen LogP contribution in [0.15, 0.2) is 61.1 Å². The van der Waals surface area contributed by atoms with E-state index in [9.17, 15) is 14.0 Å². The van der Waals surface area contributed by atoms with Gasteiger partial charge in [0.25, 0.3) is 0 Å². The molecule has 2 amide bonds. The summed E-state index contributed by atoms with van der Waals surface area (Å²) in [5, 5.41) is 9.55. The van der Waals surface area contributed by atoms with Crippen molar-refractivity contribution >= 4 is 17.5 Å². The van der Waals surface area contributed by atoms with E-state index in [0.29, 0.717) is 11.3 Å². The van der Waals surface area contributed by atoms with Crippen LogP contribution < -0.4 is 10.6 Å². The predicted octanol–water partition coefficient (Wildman–Crippen LogP) is 2.48. The molecule has 0 radical (unpaired) electrons. The largest absolute Gasteiger partial charge is 0.346 e. The number of hydrogen-bond donors (Lipinski definition) is 2. The maximum atomic E-state index is 13.6. The van der Waals surface area contributed by atoms with Crippen molar-refractivity contribution < 1.29 is 14.0 Å². The van der Waals surface area contributed by atoms with Crippen LogP contribution in [-0.4, -0.2) is 26.6 Å². The van der Waals surface area contributed by atoms with Crippen LogP contribution in [0.2, 0.25) is 0 Å². The lowest BCUT2D eigenvalue weighted by Crippen LogP contribution is -2.30. The van der Waals surface area contributed by atoms with Gasteiger partial charge < -0.3 is 10.6 Å². The van der Waals surface area contributed by atoms with E-state index in [0.717, 1.165) is 5.69 Å². The Morgan fingerprint density at radius 2 is 1.93 bits per heavy atom. The Morgan fingerprint density at radius 3 is 2.68 bits per heavy atom. The van der Waals surface area contributed by atoms with Gasteiger partial charge >= 0.3 is 0 Å². The first-order chi connectivity index (χ1) is 13.5. The van der Waals surface area contributed by atoms with Gasteiger partial charge in [0.15, 0.2) is 0 Å². The van der Waals surface area contributed by atoms with Crippen LogP contribution in [0.1, 0.15) is 24.2 Å². The van der Waals surface area contributed by atoms with E-state index < -0.39 is 5.82 Å². The molecule has 2 aromatic heterocycles. The van der Waals surface area contributed by atoms with E-state index in [1.54, 1.807) is 30.6 Å². The van der Waals surface area contributed by atoms with Gasteiger partial charge in [-0.25, -0.2) is 4.39 Å². The van der Waals surface area contributed by atoms with Crippen molar-refractivity contribution in [2.45, 2.75) is 25.9 Å². The molecule has 8 heteroatoms. The Labute approximate surface area is 161 Å². The molecule has 0 spiro atoms. The molecule has 1 atom stereocenters. The average Bonchev–Trinajstić information content (AvgIpc) is 3.10. The van der Waals surface area contributed by atoms with Gasteiger partial charge in [0.2, 0.25) is 11.8 Å². The zero-order valence-electron chi connectivity index (χ0n) is 15.3. The van der Waals surface area contributed by atoms with Crippen LogP contribution in [0.3, 0.4) is 0 Å². The molecule has 0 aliphatic carbocycles. The number of hydrogen-bond acceptors (Lipinski definition) is 4. The molecule has 1 aromatic carbocycles. The fourth-order valence-corrected chi connectivity index (χ4v) is 2.67. The van der Waals surface area contributed by atoms with Crippen LogP contribution >= 0.6 is 0 Å². The molecule has 0 aliphatic rings. The van der Waals surface area contributed by atoms with Gasteiger partial charge in [-0.1, -0.05) is 24.3 Å². The smallest absolute Gasteiger partial charge is 0.242 e. The second-order valence-corrected chi connectivity index (χ2v) is 6.29. The van der Waals surface area contributed by atoms with Crippen LogP contribution in [0, 0.1) is 5.82 Å². The minimum atomic E-state index is -0.424. The predicted molar refractivity (Wildman–Crippen MR) is 102 cm³/mol. The van der Waals surface area contributed by atoms with E-state index in [-0.39, 0.29) is 30.8 Å². The lowest BCUT2D eigenvalue weighted by molar-refractivity contribution is -0.122. The maximum absolute atomic E-state index is 13.6. The number of nitrogens with zero attached hydrogens (tertiary/aromatic N) is 3. The summed E-state index contributed by atoms with van der Waals surface area (Å²) in [6.07, 6.45) is 4.57. The van der Waals surface area contributed by atoms with Gasteiger partial charge in [-0.15, -0.1) is 0 Å². The summed E-state index contributed by atoms with van der Waals surface area (Å²) in [6.45, 7) is 1.85. The highest BCUT2D eigenvalue weighted by Gasteiger charge is 2.13. The van der Waals surface area contributed by atoms with Crippen LogP contribution in [0.25, 0.3) is 0 Å². The topological polar surface area (TPSA) is 88.9 Å². The van der Waals surface area contributed by atoms with Crippen molar-refractivity contribution in [3.8, 4) is 0 Å². The normalized spacial score (nSPS) is 11.6. The van der Waals surface area contributed by atoms with Crippen molar-refractivity contribution in [1.82, 2.24) is 20.1 Å². The first-order valence-corrected chi connectivity index (χ1v) is 8.77. The molecule has 0 saturated heterocycles. The summed E-state index contributed by atoms with van der Waals surface area (Å²) in [5.41, 5.74) is 1.51. The van der Waals surface area contributed by atoms with Crippen molar-refractivity contribution in [2.24, 2.45) is 0 Å². The summed E-state index contributed by atoms with van der Waals surface area (Å²) >= 11 is 0. The lowest BCUT2D eigenvalue weighted by Gasteiger charge is -2.13. The van der Waals surface area contributed by atoms with E-state index >= 15 is 0 Å². The minimum Gasteiger partial charge on any atom is -0.346 e. The molecule has 3 aromatic rings. The third kappa shape index (κ3) is 5.23. The molecular weight excluding hydrogens is 361 g/mol. The van der Waals surface area contributed by atoms with Gasteiger partial charge in [0.05, 0.1) is 30.0 Å². The Balaban J connectivity index is 1.51. The Hall–Kier alpha value is -3.55.